The maximum atomic E-state index is 13.6. The van der Waals surface area contributed by atoms with Gasteiger partial charge in [-0.1, -0.05) is 18.2 Å². The van der Waals surface area contributed by atoms with Gasteiger partial charge in [0.25, 0.3) is 0 Å². The number of hydrogen-bond acceptors (Lipinski definition) is 3. The van der Waals surface area contributed by atoms with E-state index in [4.69, 9.17) is 4.74 Å². The molecule has 0 aromatic heterocycles. The first-order chi connectivity index (χ1) is 8.31. The second-order valence-electron chi connectivity index (χ2n) is 4.35. The molecule has 3 nitrogen and oxygen atoms in total. The minimum absolute atomic E-state index is 0.123. The van der Waals surface area contributed by atoms with Crippen molar-refractivity contribution < 1.29 is 9.13 Å². The van der Waals surface area contributed by atoms with E-state index in [1.165, 1.54) is 6.07 Å². The van der Waals surface area contributed by atoms with E-state index in [0.717, 1.165) is 31.9 Å². The Morgan fingerprint density at radius 3 is 3.06 bits per heavy atom. The third-order valence-electron chi connectivity index (χ3n) is 3.12. The van der Waals surface area contributed by atoms with Crippen LogP contribution in [0.4, 0.5) is 4.39 Å². The summed E-state index contributed by atoms with van der Waals surface area (Å²) in [5, 5.41) is 3.15. The van der Waals surface area contributed by atoms with Crippen molar-refractivity contribution in [1.29, 1.82) is 0 Å². The largest absolute Gasteiger partial charge is 0.378 e. The third-order valence-corrected chi connectivity index (χ3v) is 3.12. The molecule has 2 rings (SSSR count). The summed E-state index contributed by atoms with van der Waals surface area (Å²) >= 11 is 0. The summed E-state index contributed by atoms with van der Waals surface area (Å²) in [7, 11) is 1.93. The zero-order valence-corrected chi connectivity index (χ0v) is 10.2. The lowest BCUT2D eigenvalue weighted by atomic mass is 10.1. The summed E-state index contributed by atoms with van der Waals surface area (Å²) in [4.78, 5) is 2.28. The fourth-order valence-electron chi connectivity index (χ4n) is 2.17. The maximum absolute atomic E-state index is 13.6. The molecule has 1 fully saturated rings. The molecule has 0 amide bonds. The number of ether oxygens (including phenoxy) is 1. The van der Waals surface area contributed by atoms with Crippen LogP contribution >= 0.6 is 0 Å². The van der Waals surface area contributed by atoms with Crippen molar-refractivity contribution >= 4 is 0 Å². The molecule has 1 saturated heterocycles. The van der Waals surface area contributed by atoms with E-state index in [1.54, 1.807) is 6.07 Å². The number of morpholine rings is 1. The molecule has 1 unspecified atom stereocenters. The molecule has 94 valence electrons. The smallest absolute Gasteiger partial charge is 0.127 e. The Hall–Kier alpha value is -0.970. The lowest BCUT2D eigenvalue weighted by Crippen LogP contribution is -2.49. The first-order valence-corrected chi connectivity index (χ1v) is 6.01. The van der Waals surface area contributed by atoms with Gasteiger partial charge in [0.1, 0.15) is 5.82 Å². The Morgan fingerprint density at radius 2 is 2.29 bits per heavy atom. The van der Waals surface area contributed by atoms with Crippen molar-refractivity contribution in [2.75, 3.05) is 33.4 Å². The molecule has 1 N–H and O–H groups in total. The molecule has 0 aliphatic carbocycles. The van der Waals surface area contributed by atoms with Crippen LogP contribution in [-0.4, -0.2) is 44.3 Å². The van der Waals surface area contributed by atoms with Crippen molar-refractivity contribution in [3.05, 3.63) is 35.6 Å². The van der Waals surface area contributed by atoms with Crippen molar-refractivity contribution in [3.63, 3.8) is 0 Å². The van der Waals surface area contributed by atoms with E-state index < -0.39 is 0 Å². The van der Waals surface area contributed by atoms with Crippen LogP contribution in [0.15, 0.2) is 24.3 Å². The second-order valence-corrected chi connectivity index (χ2v) is 4.35. The average Bonchev–Trinajstić information content (AvgIpc) is 2.35. The van der Waals surface area contributed by atoms with E-state index in [0.29, 0.717) is 12.6 Å². The lowest BCUT2D eigenvalue weighted by Gasteiger charge is -2.35. The molecule has 4 heteroatoms. The predicted octanol–water partition coefficient (Wildman–Crippen LogP) is 1.25. The van der Waals surface area contributed by atoms with E-state index in [1.807, 2.05) is 19.2 Å². The van der Waals surface area contributed by atoms with Crippen LogP contribution in [0, 0.1) is 5.82 Å². The highest BCUT2D eigenvalue weighted by Gasteiger charge is 2.22. The maximum Gasteiger partial charge on any atom is 0.127 e. The standard InChI is InChI=1S/C13H19FN2O/c1-15-8-12-10-17-7-6-16(12)9-11-4-2-3-5-13(11)14/h2-5,12,15H,6-10H2,1H3. The number of nitrogens with one attached hydrogen (secondary N) is 1. The normalized spacial score (nSPS) is 21.6. The molecule has 17 heavy (non-hydrogen) atoms. The molecule has 0 bridgehead atoms. The summed E-state index contributed by atoms with van der Waals surface area (Å²) < 4.78 is 19.0. The number of nitrogens with zero attached hydrogens (tertiary/aromatic N) is 1. The molecule has 1 atom stereocenters. The Labute approximate surface area is 102 Å². The zero-order valence-electron chi connectivity index (χ0n) is 10.2. The van der Waals surface area contributed by atoms with E-state index in [-0.39, 0.29) is 5.82 Å². The van der Waals surface area contributed by atoms with Crippen LogP contribution in [0.5, 0.6) is 0 Å². The van der Waals surface area contributed by atoms with Crippen LogP contribution in [0.2, 0.25) is 0 Å². The number of halogens is 1. The highest BCUT2D eigenvalue weighted by atomic mass is 19.1. The average molecular weight is 238 g/mol. The van der Waals surface area contributed by atoms with Crippen LogP contribution in [-0.2, 0) is 11.3 Å². The summed E-state index contributed by atoms with van der Waals surface area (Å²) in [6.45, 7) is 3.83. The number of hydrogen-bond donors (Lipinski definition) is 1. The van der Waals surface area contributed by atoms with Gasteiger partial charge in [-0.25, -0.2) is 4.39 Å². The molecule has 0 saturated carbocycles. The first-order valence-electron chi connectivity index (χ1n) is 6.01. The van der Waals surface area contributed by atoms with Gasteiger partial charge in [-0.15, -0.1) is 0 Å². The van der Waals surface area contributed by atoms with Crippen molar-refractivity contribution in [1.82, 2.24) is 10.2 Å². The number of likely N-dealkylation sites (N-methyl/N-ethyl adjacent to an activating group) is 1. The summed E-state index contributed by atoms with van der Waals surface area (Å²) in [6.07, 6.45) is 0. The topological polar surface area (TPSA) is 24.5 Å². The van der Waals surface area contributed by atoms with E-state index in [9.17, 15) is 4.39 Å². The fraction of sp³-hybridized carbons (Fsp3) is 0.538. The Morgan fingerprint density at radius 1 is 1.47 bits per heavy atom. The molecular weight excluding hydrogens is 219 g/mol. The van der Waals surface area contributed by atoms with Crippen LogP contribution in [0.25, 0.3) is 0 Å². The van der Waals surface area contributed by atoms with Crippen molar-refractivity contribution in [2.24, 2.45) is 0 Å². The minimum Gasteiger partial charge on any atom is -0.378 e. The Bertz CT molecular complexity index is 357. The zero-order chi connectivity index (χ0) is 12.1. The molecule has 1 aliphatic rings. The molecule has 1 aliphatic heterocycles. The van der Waals surface area contributed by atoms with Crippen LogP contribution < -0.4 is 5.32 Å². The molecule has 1 heterocycles. The molecule has 1 aromatic rings. The van der Waals surface area contributed by atoms with Crippen molar-refractivity contribution in [3.8, 4) is 0 Å². The SMILES string of the molecule is CNCC1COCCN1Cc1ccccc1F. The van der Waals surface area contributed by atoms with Gasteiger partial charge in [-0.2, -0.15) is 0 Å². The van der Waals surface area contributed by atoms with Gasteiger partial charge in [-0.05, 0) is 13.1 Å². The third kappa shape index (κ3) is 3.25. The molecule has 0 radical (unpaired) electrons. The lowest BCUT2D eigenvalue weighted by molar-refractivity contribution is -0.0107. The van der Waals surface area contributed by atoms with Crippen LogP contribution in [0.3, 0.4) is 0 Å². The highest BCUT2D eigenvalue weighted by Crippen LogP contribution is 2.14. The second kappa shape index (κ2) is 6.10. The molecule has 0 spiro atoms. The Balaban J connectivity index is 2.03. The predicted molar refractivity (Wildman–Crippen MR) is 65.3 cm³/mol. The quantitative estimate of drug-likeness (QED) is 0.854. The number of benzene rings is 1. The Kier molecular flexibility index (Phi) is 4.48. The molecular formula is C13H19FN2O. The van der Waals surface area contributed by atoms with E-state index >= 15 is 0 Å². The minimum atomic E-state index is -0.123. The molecule has 1 aromatic carbocycles. The van der Waals surface area contributed by atoms with Gasteiger partial charge in [0.15, 0.2) is 0 Å². The fourth-order valence-corrected chi connectivity index (χ4v) is 2.17. The van der Waals surface area contributed by atoms with Gasteiger partial charge >= 0.3 is 0 Å². The van der Waals surface area contributed by atoms with E-state index in [2.05, 4.69) is 10.2 Å². The van der Waals surface area contributed by atoms with Gasteiger partial charge in [0.05, 0.1) is 13.2 Å². The first kappa shape index (κ1) is 12.5. The van der Waals surface area contributed by atoms with Gasteiger partial charge in [0.2, 0.25) is 0 Å². The number of rotatable bonds is 4. The monoisotopic (exact) mass is 238 g/mol. The summed E-state index contributed by atoms with van der Waals surface area (Å²) in [6, 6.07) is 7.30. The highest BCUT2D eigenvalue weighted by molar-refractivity contribution is 5.17. The van der Waals surface area contributed by atoms with Gasteiger partial charge in [-0.3, -0.25) is 4.90 Å². The van der Waals surface area contributed by atoms with Crippen molar-refractivity contribution in [2.45, 2.75) is 12.6 Å². The van der Waals surface area contributed by atoms with Gasteiger partial charge in [0, 0.05) is 31.2 Å². The summed E-state index contributed by atoms with van der Waals surface area (Å²) in [5.41, 5.74) is 0.760. The summed E-state index contributed by atoms with van der Waals surface area (Å²) in [5.74, 6) is -0.123. The van der Waals surface area contributed by atoms with Crippen LogP contribution in [0.1, 0.15) is 5.56 Å². The van der Waals surface area contributed by atoms with Gasteiger partial charge < -0.3 is 10.1 Å².